The molecule has 1 aromatic rings. The van der Waals surface area contributed by atoms with Gasteiger partial charge in [-0.1, -0.05) is 6.07 Å². The minimum absolute atomic E-state index is 0.0330. The van der Waals surface area contributed by atoms with Gasteiger partial charge < -0.3 is 4.90 Å². The number of halogens is 3. The van der Waals surface area contributed by atoms with E-state index in [0.29, 0.717) is 5.56 Å². The second-order valence-electron chi connectivity index (χ2n) is 4.23. The molecule has 1 aromatic carbocycles. The monoisotopic (exact) mass is 259 g/mol. The Morgan fingerprint density at radius 2 is 1.83 bits per heavy atom. The van der Waals surface area contributed by atoms with Gasteiger partial charge in [-0.15, -0.1) is 0 Å². The Bertz CT molecular complexity index is 440. The van der Waals surface area contributed by atoms with Crippen molar-refractivity contribution in [2.75, 3.05) is 13.1 Å². The lowest BCUT2D eigenvalue weighted by atomic mass is 10.1. The first kappa shape index (κ1) is 14.5. The smallest absolute Gasteiger partial charge is 0.330 e. The molecule has 0 saturated carbocycles. The fourth-order valence-electron chi connectivity index (χ4n) is 1.60. The molecule has 2 nitrogen and oxygen atoms in total. The van der Waals surface area contributed by atoms with Crippen molar-refractivity contribution in [1.82, 2.24) is 4.90 Å². The Hall–Kier alpha value is -1.52. The van der Waals surface area contributed by atoms with E-state index in [1.807, 2.05) is 13.8 Å². The van der Waals surface area contributed by atoms with Gasteiger partial charge in [0.25, 0.3) is 5.91 Å². The lowest BCUT2D eigenvalue weighted by molar-refractivity contribution is -0.140. The van der Waals surface area contributed by atoms with Gasteiger partial charge in [0.2, 0.25) is 0 Å². The van der Waals surface area contributed by atoms with Crippen molar-refractivity contribution in [2.24, 2.45) is 0 Å². The Kier molecular flexibility index (Phi) is 4.38. The number of hydrogen-bond acceptors (Lipinski definition) is 1. The summed E-state index contributed by atoms with van der Waals surface area (Å²) in [5.74, 6) is -0.585. The van der Waals surface area contributed by atoms with E-state index in [1.54, 1.807) is 18.2 Å². The number of carbonyl (C=O) groups is 1. The molecule has 5 heteroatoms. The van der Waals surface area contributed by atoms with Crippen molar-refractivity contribution >= 4 is 5.91 Å². The molecule has 18 heavy (non-hydrogen) atoms. The van der Waals surface area contributed by atoms with E-state index in [-0.39, 0.29) is 6.54 Å². The maximum absolute atomic E-state index is 12.3. The van der Waals surface area contributed by atoms with E-state index in [4.69, 9.17) is 0 Å². The van der Waals surface area contributed by atoms with Crippen molar-refractivity contribution in [3.8, 4) is 0 Å². The van der Waals surface area contributed by atoms with Gasteiger partial charge in [-0.05, 0) is 44.0 Å². The van der Waals surface area contributed by atoms with Gasteiger partial charge in [-0.25, -0.2) is 0 Å². The summed E-state index contributed by atoms with van der Waals surface area (Å²) in [5.41, 5.74) is 2.19. The van der Waals surface area contributed by atoms with E-state index in [0.717, 1.165) is 16.0 Å². The Labute approximate surface area is 104 Å². The summed E-state index contributed by atoms with van der Waals surface area (Å²) in [6, 6.07) is 4.92. The first-order valence-corrected chi connectivity index (χ1v) is 5.68. The maximum Gasteiger partial charge on any atom is 0.406 e. The molecule has 0 fully saturated rings. The lowest BCUT2D eigenvalue weighted by Crippen LogP contribution is -2.38. The lowest BCUT2D eigenvalue weighted by Gasteiger charge is -2.22. The number of benzene rings is 1. The van der Waals surface area contributed by atoms with Crippen molar-refractivity contribution < 1.29 is 18.0 Å². The zero-order valence-corrected chi connectivity index (χ0v) is 10.6. The topological polar surface area (TPSA) is 20.3 Å². The highest BCUT2D eigenvalue weighted by atomic mass is 19.4. The quantitative estimate of drug-likeness (QED) is 0.815. The summed E-state index contributed by atoms with van der Waals surface area (Å²) in [5, 5.41) is 0. The van der Waals surface area contributed by atoms with Crippen molar-refractivity contribution in [3.05, 3.63) is 34.9 Å². The number of nitrogens with zero attached hydrogens (tertiary/aromatic N) is 1. The third-order valence-corrected chi connectivity index (χ3v) is 2.79. The van der Waals surface area contributed by atoms with Crippen molar-refractivity contribution in [1.29, 1.82) is 0 Å². The summed E-state index contributed by atoms with van der Waals surface area (Å²) >= 11 is 0. The predicted octanol–water partition coefficient (Wildman–Crippen LogP) is 3.33. The summed E-state index contributed by atoms with van der Waals surface area (Å²) in [6.45, 7) is 4.06. The van der Waals surface area contributed by atoms with E-state index in [1.165, 1.54) is 6.92 Å². The van der Waals surface area contributed by atoms with E-state index >= 15 is 0 Å². The highest BCUT2D eigenvalue weighted by Gasteiger charge is 2.32. The van der Waals surface area contributed by atoms with Gasteiger partial charge in [0, 0.05) is 12.1 Å². The largest absolute Gasteiger partial charge is 0.406 e. The van der Waals surface area contributed by atoms with Crippen molar-refractivity contribution in [3.63, 3.8) is 0 Å². The number of amides is 1. The van der Waals surface area contributed by atoms with Crippen LogP contribution in [0.25, 0.3) is 0 Å². The highest BCUT2D eigenvalue weighted by Crippen LogP contribution is 2.19. The minimum Gasteiger partial charge on any atom is -0.330 e. The van der Waals surface area contributed by atoms with E-state index in [9.17, 15) is 18.0 Å². The molecule has 0 bridgehead atoms. The highest BCUT2D eigenvalue weighted by molar-refractivity contribution is 5.94. The molecular formula is C13H16F3NO. The zero-order chi connectivity index (χ0) is 13.9. The second-order valence-corrected chi connectivity index (χ2v) is 4.23. The molecule has 0 aliphatic heterocycles. The molecule has 0 aliphatic rings. The van der Waals surface area contributed by atoms with Gasteiger partial charge >= 0.3 is 6.18 Å². The molecule has 0 atom stereocenters. The van der Waals surface area contributed by atoms with Crippen LogP contribution in [-0.4, -0.2) is 30.1 Å². The molecule has 0 spiro atoms. The van der Waals surface area contributed by atoms with Gasteiger partial charge in [0.15, 0.2) is 0 Å². The predicted molar refractivity (Wildman–Crippen MR) is 63.5 cm³/mol. The van der Waals surface area contributed by atoms with E-state index < -0.39 is 18.6 Å². The third-order valence-electron chi connectivity index (χ3n) is 2.79. The Balaban J connectivity index is 2.93. The summed E-state index contributed by atoms with van der Waals surface area (Å²) in [6.07, 6.45) is -4.37. The summed E-state index contributed by atoms with van der Waals surface area (Å²) < 4.78 is 37.0. The van der Waals surface area contributed by atoms with Crippen LogP contribution in [0.1, 0.15) is 28.4 Å². The van der Waals surface area contributed by atoms with Crippen LogP contribution in [0.15, 0.2) is 18.2 Å². The molecule has 0 unspecified atom stereocenters. The second kappa shape index (κ2) is 5.42. The first-order chi connectivity index (χ1) is 8.24. The standard InChI is InChI=1S/C13H16F3NO/c1-4-17(8-13(14,15)16)12(18)11-6-5-9(2)10(3)7-11/h5-7H,4,8H2,1-3H3. The molecule has 0 N–H and O–H groups in total. The summed E-state index contributed by atoms with van der Waals surface area (Å²) in [4.78, 5) is 12.7. The fraction of sp³-hybridized carbons (Fsp3) is 0.462. The summed E-state index contributed by atoms with van der Waals surface area (Å²) in [7, 11) is 0. The maximum atomic E-state index is 12.3. The zero-order valence-electron chi connectivity index (χ0n) is 10.6. The molecule has 0 heterocycles. The first-order valence-electron chi connectivity index (χ1n) is 5.68. The van der Waals surface area contributed by atoms with Crippen molar-refractivity contribution in [2.45, 2.75) is 26.9 Å². The van der Waals surface area contributed by atoms with Gasteiger partial charge in [-0.2, -0.15) is 13.2 Å². The number of alkyl halides is 3. The van der Waals surface area contributed by atoms with Gasteiger partial charge in [-0.3, -0.25) is 4.79 Å². The van der Waals surface area contributed by atoms with Crippen LogP contribution in [0.3, 0.4) is 0 Å². The minimum atomic E-state index is -4.37. The van der Waals surface area contributed by atoms with Crippen LogP contribution >= 0.6 is 0 Å². The van der Waals surface area contributed by atoms with Crippen LogP contribution in [-0.2, 0) is 0 Å². The molecule has 0 aromatic heterocycles. The van der Waals surface area contributed by atoms with Crippen LogP contribution in [0.2, 0.25) is 0 Å². The average Bonchev–Trinajstić information content (AvgIpc) is 2.27. The van der Waals surface area contributed by atoms with Crippen LogP contribution in [0, 0.1) is 13.8 Å². The average molecular weight is 259 g/mol. The molecule has 0 saturated heterocycles. The van der Waals surface area contributed by atoms with Gasteiger partial charge in [0.1, 0.15) is 6.54 Å². The normalized spacial score (nSPS) is 11.4. The number of rotatable bonds is 3. The molecular weight excluding hydrogens is 243 g/mol. The number of carbonyl (C=O) groups excluding carboxylic acids is 1. The molecule has 1 amide bonds. The van der Waals surface area contributed by atoms with Crippen LogP contribution < -0.4 is 0 Å². The molecule has 0 aliphatic carbocycles. The third kappa shape index (κ3) is 3.75. The molecule has 0 radical (unpaired) electrons. The van der Waals surface area contributed by atoms with Gasteiger partial charge in [0.05, 0.1) is 0 Å². The number of hydrogen-bond donors (Lipinski definition) is 0. The van der Waals surface area contributed by atoms with Crippen LogP contribution in [0.4, 0.5) is 13.2 Å². The fourth-order valence-corrected chi connectivity index (χ4v) is 1.60. The Morgan fingerprint density at radius 3 is 2.28 bits per heavy atom. The number of aryl methyl sites for hydroxylation is 2. The Morgan fingerprint density at radius 1 is 1.22 bits per heavy atom. The molecule has 100 valence electrons. The van der Waals surface area contributed by atoms with E-state index in [2.05, 4.69) is 0 Å². The SMILES string of the molecule is CCN(CC(F)(F)F)C(=O)c1ccc(C)c(C)c1. The van der Waals surface area contributed by atoms with Crippen LogP contribution in [0.5, 0.6) is 0 Å². The molecule has 1 rings (SSSR count).